The molecule has 0 saturated carbocycles. The summed E-state index contributed by atoms with van der Waals surface area (Å²) in [6.45, 7) is 3.68. The van der Waals surface area contributed by atoms with E-state index in [0.717, 1.165) is 0 Å². The molecular formula is C16H16FNO3. The summed E-state index contributed by atoms with van der Waals surface area (Å²) in [7, 11) is 0. The van der Waals surface area contributed by atoms with Gasteiger partial charge in [0.2, 0.25) is 6.79 Å². The summed E-state index contributed by atoms with van der Waals surface area (Å²) in [6.07, 6.45) is 0. The van der Waals surface area contributed by atoms with Crippen molar-refractivity contribution in [1.29, 1.82) is 0 Å². The fraction of sp³-hybridized carbons (Fsp3) is 0.250. The number of ether oxygens (including phenoxy) is 3. The lowest BCUT2D eigenvalue weighted by Gasteiger charge is -2.15. The molecule has 4 nitrogen and oxygen atoms in total. The molecule has 2 aromatic rings. The molecule has 1 aliphatic heterocycles. The van der Waals surface area contributed by atoms with Crippen LogP contribution in [0.3, 0.4) is 0 Å². The smallest absolute Gasteiger partial charge is 0.231 e. The third kappa shape index (κ3) is 2.64. The maximum Gasteiger partial charge on any atom is 0.231 e. The van der Waals surface area contributed by atoms with Crippen molar-refractivity contribution in [2.45, 2.75) is 19.9 Å². The van der Waals surface area contributed by atoms with E-state index in [1.807, 2.05) is 0 Å². The van der Waals surface area contributed by atoms with E-state index in [1.54, 1.807) is 38.1 Å². The van der Waals surface area contributed by atoms with Gasteiger partial charge in [0.15, 0.2) is 11.5 Å². The molecule has 2 N–H and O–H groups in total. The molecule has 0 amide bonds. The lowest BCUT2D eigenvalue weighted by Crippen LogP contribution is -2.08. The lowest BCUT2D eigenvalue weighted by atomic mass is 10.1. The van der Waals surface area contributed by atoms with Crippen molar-refractivity contribution in [2.75, 3.05) is 6.79 Å². The normalized spacial score (nSPS) is 14.1. The van der Waals surface area contributed by atoms with Gasteiger partial charge in [-0.05, 0) is 43.7 Å². The number of benzene rings is 2. The first kappa shape index (κ1) is 13.7. The summed E-state index contributed by atoms with van der Waals surface area (Å²) in [5.74, 6) is 2.16. The van der Waals surface area contributed by atoms with E-state index < -0.39 is 0 Å². The first-order valence-corrected chi connectivity index (χ1v) is 6.67. The second kappa shape index (κ2) is 5.26. The monoisotopic (exact) mass is 289 g/mol. The Morgan fingerprint density at radius 1 is 1.19 bits per heavy atom. The molecule has 0 radical (unpaired) electrons. The largest absolute Gasteiger partial charge is 0.457 e. The molecule has 5 heteroatoms. The molecule has 1 heterocycles. The second-order valence-corrected chi connectivity index (χ2v) is 5.05. The molecule has 0 spiro atoms. The second-order valence-electron chi connectivity index (χ2n) is 5.05. The quantitative estimate of drug-likeness (QED) is 0.936. The molecule has 0 aromatic heterocycles. The van der Waals surface area contributed by atoms with E-state index in [2.05, 4.69) is 0 Å². The highest BCUT2D eigenvalue weighted by atomic mass is 19.1. The molecule has 0 fully saturated rings. The maximum absolute atomic E-state index is 13.7. The van der Waals surface area contributed by atoms with E-state index >= 15 is 0 Å². The highest BCUT2D eigenvalue weighted by molar-refractivity contribution is 5.49. The van der Waals surface area contributed by atoms with Crippen LogP contribution in [0.15, 0.2) is 30.3 Å². The number of hydrogen-bond acceptors (Lipinski definition) is 4. The fourth-order valence-electron chi connectivity index (χ4n) is 2.18. The molecule has 2 aromatic carbocycles. The van der Waals surface area contributed by atoms with Crippen molar-refractivity contribution in [3.05, 3.63) is 47.3 Å². The first-order valence-electron chi connectivity index (χ1n) is 6.67. The van der Waals surface area contributed by atoms with Crippen LogP contribution in [0.4, 0.5) is 4.39 Å². The molecule has 110 valence electrons. The molecule has 3 rings (SSSR count). The number of aryl methyl sites for hydroxylation is 1. The summed E-state index contributed by atoms with van der Waals surface area (Å²) in [5.41, 5.74) is 7.02. The van der Waals surface area contributed by atoms with Crippen LogP contribution in [0.25, 0.3) is 0 Å². The Labute approximate surface area is 122 Å². The van der Waals surface area contributed by atoms with Gasteiger partial charge < -0.3 is 19.9 Å². The third-order valence-electron chi connectivity index (χ3n) is 3.35. The Balaban J connectivity index is 1.95. The van der Waals surface area contributed by atoms with Gasteiger partial charge in [-0.3, -0.25) is 0 Å². The molecule has 1 aliphatic rings. The Morgan fingerprint density at radius 3 is 2.71 bits per heavy atom. The summed E-state index contributed by atoms with van der Waals surface area (Å²) < 4.78 is 30.1. The Bertz CT molecular complexity index is 685. The SMILES string of the molecule is Cc1cc(Oc2ccc3c(c2)OCO3)c(C(C)N)cc1F. The Kier molecular flexibility index (Phi) is 3.43. The van der Waals surface area contributed by atoms with E-state index in [1.165, 1.54) is 6.07 Å². The van der Waals surface area contributed by atoms with Crippen molar-refractivity contribution in [3.63, 3.8) is 0 Å². The van der Waals surface area contributed by atoms with E-state index in [9.17, 15) is 4.39 Å². The van der Waals surface area contributed by atoms with E-state index in [-0.39, 0.29) is 18.7 Å². The molecule has 0 aliphatic carbocycles. The first-order chi connectivity index (χ1) is 10.0. The van der Waals surface area contributed by atoms with E-state index in [4.69, 9.17) is 19.9 Å². The van der Waals surface area contributed by atoms with Gasteiger partial charge in [0.05, 0.1) is 0 Å². The number of fused-ring (bicyclic) bond motifs is 1. The van der Waals surface area contributed by atoms with Gasteiger partial charge in [-0.15, -0.1) is 0 Å². The van der Waals surface area contributed by atoms with Crippen molar-refractivity contribution >= 4 is 0 Å². The third-order valence-corrected chi connectivity index (χ3v) is 3.35. The van der Waals surface area contributed by atoms with E-state index in [0.29, 0.717) is 34.1 Å². The predicted octanol–water partition coefficient (Wildman–Crippen LogP) is 3.67. The molecular weight excluding hydrogens is 273 g/mol. The molecule has 21 heavy (non-hydrogen) atoms. The van der Waals surface area contributed by atoms with Crippen molar-refractivity contribution in [3.8, 4) is 23.0 Å². The van der Waals surface area contributed by atoms with Crippen LogP contribution >= 0.6 is 0 Å². The zero-order valence-electron chi connectivity index (χ0n) is 11.9. The van der Waals surface area contributed by atoms with Gasteiger partial charge in [-0.1, -0.05) is 0 Å². The minimum atomic E-state index is -0.330. The molecule has 1 unspecified atom stereocenters. The van der Waals surface area contributed by atoms with Gasteiger partial charge in [0.1, 0.15) is 17.3 Å². The zero-order valence-corrected chi connectivity index (χ0v) is 11.9. The highest BCUT2D eigenvalue weighted by Gasteiger charge is 2.16. The van der Waals surface area contributed by atoms with Crippen molar-refractivity contribution in [2.24, 2.45) is 5.73 Å². The Morgan fingerprint density at radius 2 is 1.95 bits per heavy atom. The number of nitrogens with two attached hydrogens (primary N) is 1. The van der Waals surface area contributed by atoms with Gasteiger partial charge in [0, 0.05) is 17.7 Å². The topological polar surface area (TPSA) is 53.7 Å². The van der Waals surface area contributed by atoms with Gasteiger partial charge in [-0.2, -0.15) is 0 Å². The van der Waals surface area contributed by atoms with Crippen LogP contribution < -0.4 is 19.9 Å². The van der Waals surface area contributed by atoms with Crippen molar-refractivity contribution < 1.29 is 18.6 Å². The number of hydrogen-bond donors (Lipinski definition) is 1. The summed E-state index contributed by atoms with van der Waals surface area (Å²) >= 11 is 0. The minimum Gasteiger partial charge on any atom is -0.457 e. The number of halogens is 1. The summed E-state index contributed by atoms with van der Waals surface area (Å²) in [5, 5.41) is 0. The van der Waals surface area contributed by atoms with Crippen LogP contribution in [0, 0.1) is 12.7 Å². The molecule has 1 atom stereocenters. The van der Waals surface area contributed by atoms with Crippen LogP contribution in [0.1, 0.15) is 24.1 Å². The van der Waals surface area contributed by atoms with Crippen LogP contribution in [0.5, 0.6) is 23.0 Å². The maximum atomic E-state index is 13.7. The average Bonchev–Trinajstić information content (AvgIpc) is 2.89. The predicted molar refractivity (Wildman–Crippen MR) is 76.4 cm³/mol. The highest BCUT2D eigenvalue weighted by Crippen LogP contribution is 2.38. The van der Waals surface area contributed by atoms with Gasteiger partial charge in [-0.25, -0.2) is 4.39 Å². The summed E-state index contributed by atoms with van der Waals surface area (Å²) in [4.78, 5) is 0. The van der Waals surface area contributed by atoms with Crippen LogP contribution in [-0.2, 0) is 0 Å². The molecule has 0 saturated heterocycles. The Hall–Kier alpha value is -2.27. The zero-order chi connectivity index (χ0) is 15.0. The standard InChI is InChI=1S/C16H16FNO3/c1-9-5-15(12(10(2)18)7-13(9)17)21-11-3-4-14-16(6-11)20-8-19-14/h3-7,10H,8,18H2,1-2H3. The van der Waals surface area contributed by atoms with Gasteiger partial charge in [0.25, 0.3) is 0 Å². The average molecular weight is 289 g/mol. The molecule has 0 bridgehead atoms. The van der Waals surface area contributed by atoms with Crippen molar-refractivity contribution in [1.82, 2.24) is 0 Å². The van der Waals surface area contributed by atoms with Crippen LogP contribution in [-0.4, -0.2) is 6.79 Å². The number of rotatable bonds is 3. The van der Waals surface area contributed by atoms with Gasteiger partial charge >= 0.3 is 0 Å². The lowest BCUT2D eigenvalue weighted by molar-refractivity contribution is 0.174. The summed E-state index contributed by atoms with van der Waals surface area (Å²) in [6, 6.07) is 8.04. The minimum absolute atomic E-state index is 0.208. The van der Waals surface area contributed by atoms with Crippen LogP contribution in [0.2, 0.25) is 0 Å². The fourth-order valence-corrected chi connectivity index (χ4v) is 2.18.